The molecular formula is C31H43ClN4O4. The molecule has 0 radical (unpaired) electrons. The number of fused-ring (bicyclic) bond motifs is 1. The Morgan fingerprint density at radius 3 is 2.55 bits per heavy atom. The minimum atomic E-state index is -1.14. The van der Waals surface area contributed by atoms with Crippen LogP contribution in [0.2, 0.25) is 5.02 Å². The second-order valence-corrected chi connectivity index (χ2v) is 12.2. The number of ether oxygens (including phenoxy) is 1. The first-order valence-electron chi connectivity index (χ1n) is 15.1. The van der Waals surface area contributed by atoms with Crippen LogP contribution in [0, 0.1) is 11.8 Å². The van der Waals surface area contributed by atoms with Gasteiger partial charge in [0.2, 0.25) is 17.7 Å². The molecule has 1 saturated carbocycles. The molecule has 218 valence electrons. The maximum atomic E-state index is 14.1. The molecule has 2 saturated heterocycles. The number of carbonyl (C=O) groups is 3. The Bertz CT molecular complexity index is 1120. The first kappa shape index (κ1) is 29.1. The summed E-state index contributed by atoms with van der Waals surface area (Å²) in [6.07, 6.45) is 11.4. The molecule has 5 atom stereocenters. The van der Waals surface area contributed by atoms with Gasteiger partial charge >= 0.3 is 0 Å². The number of likely N-dealkylation sites (tertiary alicyclic amines) is 1. The monoisotopic (exact) mass is 570 g/mol. The van der Waals surface area contributed by atoms with E-state index in [0.29, 0.717) is 17.3 Å². The minimum absolute atomic E-state index is 0.114. The van der Waals surface area contributed by atoms with E-state index in [2.05, 4.69) is 29.4 Å². The third kappa shape index (κ3) is 5.68. The van der Waals surface area contributed by atoms with Crippen molar-refractivity contribution in [2.24, 2.45) is 11.8 Å². The highest BCUT2D eigenvalue weighted by Gasteiger charge is 2.72. The van der Waals surface area contributed by atoms with Gasteiger partial charge in [-0.2, -0.15) is 0 Å². The van der Waals surface area contributed by atoms with Gasteiger partial charge in [0.05, 0.1) is 17.9 Å². The van der Waals surface area contributed by atoms with Gasteiger partial charge in [0, 0.05) is 23.3 Å². The zero-order chi connectivity index (χ0) is 28.3. The highest BCUT2D eigenvalue weighted by Crippen LogP contribution is 2.55. The summed E-state index contributed by atoms with van der Waals surface area (Å²) >= 11 is 6.13. The molecule has 8 nitrogen and oxygen atoms in total. The molecule has 1 aliphatic carbocycles. The van der Waals surface area contributed by atoms with Gasteiger partial charge in [-0.3, -0.25) is 14.4 Å². The van der Waals surface area contributed by atoms with Crippen LogP contribution in [0.25, 0.3) is 0 Å². The fraction of sp³-hybridized carbons (Fsp3) is 0.645. The van der Waals surface area contributed by atoms with Crippen molar-refractivity contribution >= 4 is 35.0 Å². The number of benzene rings is 1. The maximum Gasteiger partial charge on any atom is 0.246 e. The third-order valence-corrected chi connectivity index (χ3v) is 9.16. The van der Waals surface area contributed by atoms with Crippen LogP contribution >= 0.6 is 11.6 Å². The van der Waals surface area contributed by atoms with Crippen LogP contribution in [-0.2, 0) is 19.1 Å². The molecule has 5 rings (SSSR count). The van der Waals surface area contributed by atoms with E-state index in [9.17, 15) is 14.4 Å². The van der Waals surface area contributed by atoms with Crippen LogP contribution in [0.1, 0.15) is 65.2 Å². The smallest absolute Gasteiger partial charge is 0.246 e. The summed E-state index contributed by atoms with van der Waals surface area (Å²) in [5.41, 5.74) is -0.567. The molecular weight excluding hydrogens is 528 g/mol. The maximum absolute atomic E-state index is 14.1. The first-order chi connectivity index (χ1) is 19.4. The van der Waals surface area contributed by atoms with Crippen molar-refractivity contribution in [3.05, 3.63) is 41.4 Å². The van der Waals surface area contributed by atoms with Crippen LogP contribution in [-0.4, -0.2) is 77.5 Å². The molecule has 0 aromatic heterocycles. The lowest BCUT2D eigenvalue weighted by molar-refractivity contribution is -0.141. The van der Waals surface area contributed by atoms with Crippen LogP contribution in [0.15, 0.2) is 36.4 Å². The molecule has 4 aliphatic rings. The molecule has 9 heteroatoms. The lowest BCUT2D eigenvalue weighted by atomic mass is 9.74. The van der Waals surface area contributed by atoms with Gasteiger partial charge in [-0.25, -0.2) is 0 Å². The van der Waals surface area contributed by atoms with Gasteiger partial charge in [-0.1, -0.05) is 62.9 Å². The highest BCUT2D eigenvalue weighted by atomic mass is 35.5. The Labute approximate surface area is 242 Å². The van der Waals surface area contributed by atoms with Gasteiger partial charge < -0.3 is 25.2 Å². The normalized spacial score (nSPS) is 29.3. The second kappa shape index (κ2) is 12.6. The van der Waals surface area contributed by atoms with Crippen molar-refractivity contribution in [3.8, 4) is 0 Å². The molecule has 40 heavy (non-hydrogen) atoms. The van der Waals surface area contributed by atoms with Crippen molar-refractivity contribution in [1.29, 1.82) is 0 Å². The number of hydrogen-bond donors (Lipinski definition) is 2. The summed E-state index contributed by atoms with van der Waals surface area (Å²) in [5, 5.41) is 6.71. The average Bonchev–Trinajstić information content (AvgIpc) is 3.57. The molecule has 1 aromatic carbocycles. The zero-order valence-corrected chi connectivity index (χ0v) is 24.5. The summed E-state index contributed by atoms with van der Waals surface area (Å²) in [4.78, 5) is 45.8. The van der Waals surface area contributed by atoms with Crippen molar-refractivity contribution in [2.45, 2.75) is 89.0 Å². The van der Waals surface area contributed by atoms with Gasteiger partial charge in [-0.05, 0) is 69.9 Å². The van der Waals surface area contributed by atoms with E-state index in [1.807, 2.05) is 12.2 Å². The van der Waals surface area contributed by atoms with Crippen molar-refractivity contribution in [1.82, 2.24) is 15.1 Å². The lowest BCUT2D eigenvalue weighted by Gasteiger charge is -2.34. The SMILES string of the molecule is CCCN(CCC)CCCN1C(=O)[C@@H]2[C@H](C(=O)Nc3cccc(Cl)c3)[C@@H]3C=C[C@@]2(O3)[C@@H]1C(=O)NC1CCCCC1. The molecule has 3 fully saturated rings. The number of halogens is 1. The quantitative estimate of drug-likeness (QED) is 0.364. The molecule has 3 amide bonds. The average molecular weight is 571 g/mol. The van der Waals surface area contributed by atoms with E-state index in [-0.39, 0.29) is 23.8 Å². The number of amides is 3. The zero-order valence-electron chi connectivity index (χ0n) is 23.7. The first-order valence-corrected chi connectivity index (χ1v) is 15.5. The van der Waals surface area contributed by atoms with Gasteiger partial charge in [0.15, 0.2) is 0 Å². The highest BCUT2D eigenvalue weighted by molar-refractivity contribution is 6.30. The van der Waals surface area contributed by atoms with Crippen molar-refractivity contribution < 1.29 is 19.1 Å². The number of carbonyl (C=O) groups excluding carboxylic acids is 3. The van der Waals surface area contributed by atoms with E-state index in [1.165, 1.54) is 6.42 Å². The van der Waals surface area contributed by atoms with Crippen LogP contribution < -0.4 is 10.6 Å². The Balaban J connectivity index is 1.38. The topological polar surface area (TPSA) is 91.0 Å². The molecule has 1 spiro atoms. The number of hydrogen-bond acceptors (Lipinski definition) is 5. The predicted molar refractivity (Wildman–Crippen MR) is 156 cm³/mol. The Morgan fingerprint density at radius 2 is 1.85 bits per heavy atom. The van der Waals surface area contributed by atoms with E-state index in [4.69, 9.17) is 16.3 Å². The Morgan fingerprint density at radius 1 is 1.10 bits per heavy atom. The Kier molecular flexibility index (Phi) is 9.18. The predicted octanol–water partition coefficient (Wildman–Crippen LogP) is 4.39. The molecule has 0 unspecified atom stereocenters. The van der Waals surface area contributed by atoms with E-state index >= 15 is 0 Å². The molecule has 2 bridgehead atoms. The summed E-state index contributed by atoms with van der Waals surface area (Å²) in [7, 11) is 0. The summed E-state index contributed by atoms with van der Waals surface area (Å²) in [5.74, 6) is -2.08. The molecule has 3 heterocycles. The van der Waals surface area contributed by atoms with Gasteiger partial charge in [0.1, 0.15) is 11.6 Å². The fourth-order valence-corrected chi connectivity index (χ4v) is 7.45. The second-order valence-electron chi connectivity index (χ2n) is 11.8. The molecule has 3 aliphatic heterocycles. The fourth-order valence-electron chi connectivity index (χ4n) is 7.26. The van der Waals surface area contributed by atoms with Crippen LogP contribution in [0.5, 0.6) is 0 Å². The molecule has 2 N–H and O–H groups in total. The van der Waals surface area contributed by atoms with Crippen LogP contribution in [0.3, 0.4) is 0 Å². The van der Waals surface area contributed by atoms with E-state index in [1.54, 1.807) is 29.2 Å². The number of nitrogens with zero attached hydrogens (tertiary/aromatic N) is 2. The number of nitrogens with one attached hydrogen (secondary N) is 2. The van der Waals surface area contributed by atoms with Gasteiger partial charge in [0.25, 0.3) is 0 Å². The van der Waals surface area contributed by atoms with E-state index in [0.717, 1.165) is 64.6 Å². The lowest BCUT2D eigenvalue weighted by Crippen LogP contribution is -2.56. The third-order valence-electron chi connectivity index (χ3n) is 8.92. The molecule has 1 aromatic rings. The summed E-state index contributed by atoms with van der Waals surface area (Å²) in [6.45, 7) is 7.69. The van der Waals surface area contributed by atoms with Crippen LogP contribution in [0.4, 0.5) is 5.69 Å². The van der Waals surface area contributed by atoms with Gasteiger partial charge in [-0.15, -0.1) is 0 Å². The number of anilines is 1. The Hall–Kier alpha value is -2.42. The summed E-state index contributed by atoms with van der Waals surface area (Å²) in [6, 6.07) is 6.29. The largest absolute Gasteiger partial charge is 0.359 e. The standard InChI is InChI=1S/C31H43ClN4O4/c1-3-16-35(17-4-2)18-9-19-36-27(29(38)33-22-11-6-5-7-12-22)31-15-14-24(40-31)25(26(31)30(36)39)28(37)34-23-13-8-10-21(32)20-23/h8,10,13-15,20,22,24-27H,3-7,9,11-12,16-19H2,1-2H3,(H,33,38)(H,34,37)/t24-,25+,26-,27-,31-/m0/s1. The number of rotatable bonds is 12. The van der Waals surface area contributed by atoms with Crippen molar-refractivity contribution in [2.75, 3.05) is 31.5 Å². The van der Waals surface area contributed by atoms with Crippen molar-refractivity contribution in [3.63, 3.8) is 0 Å². The van der Waals surface area contributed by atoms with E-state index < -0.39 is 29.6 Å². The summed E-state index contributed by atoms with van der Waals surface area (Å²) < 4.78 is 6.48. The minimum Gasteiger partial charge on any atom is -0.359 e.